The zero-order valence-corrected chi connectivity index (χ0v) is 16.0. The Bertz CT molecular complexity index is 931. The standard InChI is InChI=1S/C22H26O4/c1-14-8-7-13-22(2,3)16(14)11-12-18-19(21(24)25-4)20(23)15-9-5-6-10-17(15)26-18/h5-6,9-10H,7-8,11-13H2,1-4H3. The number of carbonyl (C=O) groups excluding carboxylic acids is 1. The molecule has 1 aliphatic rings. The van der Waals surface area contributed by atoms with Gasteiger partial charge in [-0.1, -0.05) is 37.1 Å². The molecule has 0 N–H and O–H groups in total. The van der Waals surface area contributed by atoms with Gasteiger partial charge in [-0.25, -0.2) is 4.79 Å². The fourth-order valence-electron chi connectivity index (χ4n) is 4.14. The zero-order valence-electron chi connectivity index (χ0n) is 16.0. The number of fused-ring (bicyclic) bond motifs is 1. The van der Waals surface area contributed by atoms with Crippen LogP contribution in [0.3, 0.4) is 0 Å². The summed E-state index contributed by atoms with van der Waals surface area (Å²) in [6, 6.07) is 7.02. The van der Waals surface area contributed by atoms with Crippen LogP contribution in [0.5, 0.6) is 0 Å². The number of ether oxygens (including phenoxy) is 1. The average Bonchev–Trinajstić information content (AvgIpc) is 2.60. The van der Waals surface area contributed by atoms with Crippen molar-refractivity contribution in [3.05, 3.63) is 57.0 Å². The summed E-state index contributed by atoms with van der Waals surface area (Å²) in [5, 5.41) is 0.407. The minimum atomic E-state index is -0.631. The van der Waals surface area contributed by atoms with Crippen LogP contribution in [0, 0.1) is 5.41 Å². The van der Waals surface area contributed by atoms with Crippen molar-refractivity contribution < 1.29 is 13.9 Å². The molecule has 4 nitrogen and oxygen atoms in total. The summed E-state index contributed by atoms with van der Waals surface area (Å²) >= 11 is 0. The van der Waals surface area contributed by atoms with E-state index in [1.807, 2.05) is 6.07 Å². The third-order valence-corrected chi connectivity index (χ3v) is 5.55. The zero-order chi connectivity index (χ0) is 18.9. The van der Waals surface area contributed by atoms with Crippen molar-refractivity contribution in [2.24, 2.45) is 5.41 Å². The highest BCUT2D eigenvalue weighted by Crippen LogP contribution is 2.42. The van der Waals surface area contributed by atoms with Crippen LogP contribution in [-0.4, -0.2) is 13.1 Å². The molecule has 2 aromatic rings. The number of hydrogen-bond acceptors (Lipinski definition) is 4. The molecule has 1 heterocycles. The number of carbonyl (C=O) groups is 1. The molecule has 0 radical (unpaired) electrons. The molecular weight excluding hydrogens is 328 g/mol. The van der Waals surface area contributed by atoms with Crippen molar-refractivity contribution in [3.8, 4) is 0 Å². The van der Waals surface area contributed by atoms with Gasteiger partial charge in [-0.15, -0.1) is 0 Å². The highest BCUT2D eigenvalue weighted by molar-refractivity contribution is 5.94. The fourth-order valence-corrected chi connectivity index (χ4v) is 4.14. The van der Waals surface area contributed by atoms with E-state index in [9.17, 15) is 9.59 Å². The van der Waals surface area contributed by atoms with Crippen LogP contribution in [0.15, 0.2) is 44.6 Å². The average molecular weight is 354 g/mol. The summed E-state index contributed by atoms with van der Waals surface area (Å²) in [5.41, 5.74) is 3.19. The molecular formula is C22H26O4. The van der Waals surface area contributed by atoms with E-state index < -0.39 is 5.97 Å². The van der Waals surface area contributed by atoms with E-state index in [0.29, 0.717) is 23.2 Å². The molecule has 1 aromatic carbocycles. The Morgan fingerprint density at radius 2 is 1.96 bits per heavy atom. The van der Waals surface area contributed by atoms with Crippen molar-refractivity contribution in [1.29, 1.82) is 0 Å². The van der Waals surface area contributed by atoms with Gasteiger partial charge in [-0.3, -0.25) is 4.79 Å². The summed E-state index contributed by atoms with van der Waals surface area (Å²) in [5.74, 6) is -0.213. The van der Waals surface area contributed by atoms with Gasteiger partial charge in [-0.2, -0.15) is 0 Å². The van der Waals surface area contributed by atoms with E-state index >= 15 is 0 Å². The summed E-state index contributed by atoms with van der Waals surface area (Å²) in [6.07, 6.45) is 4.78. The first-order chi connectivity index (χ1) is 12.3. The SMILES string of the molecule is COC(=O)c1c(CCC2=C(C)CCCC2(C)C)oc2ccccc2c1=O. The van der Waals surface area contributed by atoms with Gasteiger partial charge >= 0.3 is 5.97 Å². The van der Waals surface area contributed by atoms with Crippen LogP contribution in [0.4, 0.5) is 0 Å². The molecule has 4 heteroatoms. The van der Waals surface area contributed by atoms with Crippen LogP contribution in [0.1, 0.15) is 62.6 Å². The first kappa shape index (κ1) is 18.4. The van der Waals surface area contributed by atoms with Crippen LogP contribution in [0.2, 0.25) is 0 Å². The second kappa shape index (κ2) is 7.10. The number of esters is 1. The predicted octanol–water partition coefficient (Wildman–Crippen LogP) is 5.04. The van der Waals surface area contributed by atoms with Crippen LogP contribution in [0.25, 0.3) is 11.0 Å². The topological polar surface area (TPSA) is 56.5 Å². The van der Waals surface area contributed by atoms with Crippen molar-refractivity contribution in [3.63, 3.8) is 0 Å². The molecule has 26 heavy (non-hydrogen) atoms. The maximum Gasteiger partial charge on any atom is 0.345 e. The Morgan fingerprint density at radius 3 is 2.65 bits per heavy atom. The first-order valence-electron chi connectivity index (χ1n) is 9.17. The number of hydrogen-bond donors (Lipinski definition) is 0. The highest BCUT2D eigenvalue weighted by Gasteiger charge is 2.29. The number of aryl methyl sites for hydroxylation is 1. The molecule has 1 aromatic heterocycles. The molecule has 138 valence electrons. The van der Waals surface area contributed by atoms with E-state index in [4.69, 9.17) is 9.15 Å². The molecule has 0 unspecified atom stereocenters. The van der Waals surface area contributed by atoms with Gasteiger partial charge < -0.3 is 9.15 Å². The third-order valence-electron chi connectivity index (χ3n) is 5.55. The monoisotopic (exact) mass is 354 g/mol. The molecule has 0 aliphatic heterocycles. The van der Waals surface area contributed by atoms with Crippen molar-refractivity contribution in [1.82, 2.24) is 0 Å². The Morgan fingerprint density at radius 1 is 1.23 bits per heavy atom. The summed E-state index contributed by atoms with van der Waals surface area (Å²) in [6.45, 7) is 6.72. The largest absolute Gasteiger partial charge is 0.465 e. The summed E-state index contributed by atoms with van der Waals surface area (Å²) in [4.78, 5) is 25.1. The van der Waals surface area contributed by atoms with Crippen LogP contribution in [-0.2, 0) is 11.2 Å². The Kier molecular flexibility index (Phi) is 5.03. The maximum absolute atomic E-state index is 12.8. The van der Waals surface area contributed by atoms with Gasteiger partial charge in [-0.05, 0) is 50.2 Å². The first-order valence-corrected chi connectivity index (χ1v) is 9.17. The van der Waals surface area contributed by atoms with E-state index in [1.165, 1.54) is 24.7 Å². The molecule has 0 saturated carbocycles. The minimum Gasteiger partial charge on any atom is -0.465 e. The smallest absolute Gasteiger partial charge is 0.345 e. The minimum absolute atomic E-state index is 0.0260. The molecule has 0 fully saturated rings. The number of methoxy groups -OCH3 is 1. The number of para-hydroxylation sites is 1. The van der Waals surface area contributed by atoms with Gasteiger partial charge in [0.2, 0.25) is 5.43 Å². The Hall–Kier alpha value is -2.36. The predicted molar refractivity (Wildman–Crippen MR) is 102 cm³/mol. The lowest BCUT2D eigenvalue weighted by Gasteiger charge is -2.34. The van der Waals surface area contributed by atoms with Gasteiger partial charge in [0.15, 0.2) is 0 Å². The van der Waals surface area contributed by atoms with Crippen molar-refractivity contribution >= 4 is 16.9 Å². The van der Waals surface area contributed by atoms with Gasteiger partial charge in [0.1, 0.15) is 16.9 Å². The van der Waals surface area contributed by atoms with Gasteiger partial charge in [0, 0.05) is 6.42 Å². The van der Waals surface area contributed by atoms with E-state index in [0.717, 1.165) is 19.3 Å². The quantitative estimate of drug-likeness (QED) is 0.570. The summed E-state index contributed by atoms with van der Waals surface area (Å²) < 4.78 is 10.8. The molecule has 0 spiro atoms. The normalized spacial score (nSPS) is 16.8. The molecule has 1 aliphatic carbocycles. The second-order valence-corrected chi connectivity index (χ2v) is 7.71. The Labute approximate surface area is 153 Å². The number of benzene rings is 1. The van der Waals surface area contributed by atoms with E-state index in [-0.39, 0.29) is 16.4 Å². The van der Waals surface area contributed by atoms with Crippen LogP contribution >= 0.6 is 0 Å². The number of allylic oxidation sites excluding steroid dienone is 2. The van der Waals surface area contributed by atoms with Crippen molar-refractivity contribution in [2.75, 3.05) is 7.11 Å². The fraction of sp³-hybridized carbons (Fsp3) is 0.455. The van der Waals surface area contributed by atoms with E-state index in [1.54, 1.807) is 18.2 Å². The highest BCUT2D eigenvalue weighted by atomic mass is 16.5. The lowest BCUT2D eigenvalue weighted by Crippen LogP contribution is -2.22. The second-order valence-electron chi connectivity index (χ2n) is 7.71. The summed E-state index contributed by atoms with van der Waals surface area (Å²) in [7, 11) is 1.29. The molecule has 0 amide bonds. The van der Waals surface area contributed by atoms with Gasteiger partial charge in [0.25, 0.3) is 0 Å². The molecule has 0 atom stereocenters. The molecule has 3 rings (SSSR count). The maximum atomic E-state index is 12.8. The number of rotatable bonds is 4. The van der Waals surface area contributed by atoms with Crippen molar-refractivity contribution in [2.45, 2.75) is 52.9 Å². The van der Waals surface area contributed by atoms with Gasteiger partial charge in [0.05, 0.1) is 12.5 Å². The Balaban J connectivity index is 2.04. The van der Waals surface area contributed by atoms with E-state index in [2.05, 4.69) is 20.8 Å². The third kappa shape index (κ3) is 3.33. The van der Waals surface area contributed by atoms with Crippen LogP contribution < -0.4 is 5.43 Å². The molecule has 0 bridgehead atoms. The lowest BCUT2D eigenvalue weighted by atomic mass is 9.71. The lowest BCUT2D eigenvalue weighted by molar-refractivity contribution is 0.0595. The molecule has 0 saturated heterocycles.